The smallest absolute Gasteiger partial charge is 0.126 e. The summed E-state index contributed by atoms with van der Waals surface area (Å²) in [5, 5.41) is 3.49. The van der Waals surface area contributed by atoms with Gasteiger partial charge in [0.15, 0.2) is 0 Å². The first-order valence-corrected chi connectivity index (χ1v) is 6.90. The number of benzene rings is 1. The van der Waals surface area contributed by atoms with Crippen LogP contribution in [0.1, 0.15) is 32.8 Å². The van der Waals surface area contributed by atoms with E-state index in [4.69, 9.17) is 4.74 Å². The van der Waals surface area contributed by atoms with Gasteiger partial charge < -0.3 is 10.1 Å². The molecule has 0 heterocycles. The molecule has 0 spiro atoms. The minimum Gasteiger partial charge on any atom is -0.385 e. The van der Waals surface area contributed by atoms with Crippen LogP contribution in [-0.4, -0.2) is 25.8 Å². The fourth-order valence-electron chi connectivity index (χ4n) is 1.99. The highest BCUT2D eigenvalue weighted by Crippen LogP contribution is 2.16. The summed E-state index contributed by atoms with van der Waals surface area (Å²) in [6.07, 6.45) is 1.69. The van der Waals surface area contributed by atoms with Gasteiger partial charge >= 0.3 is 0 Å². The Morgan fingerprint density at radius 3 is 2.53 bits per heavy atom. The molecule has 0 amide bonds. The van der Waals surface area contributed by atoms with Crippen LogP contribution in [0.4, 0.5) is 4.39 Å². The Hall–Kier alpha value is -0.930. The fraction of sp³-hybridized carbons (Fsp3) is 0.625. The summed E-state index contributed by atoms with van der Waals surface area (Å²) in [6.45, 7) is 8.02. The van der Waals surface area contributed by atoms with Crippen molar-refractivity contribution in [2.75, 3.05) is 20.3 Å². The van der Waals surface area contributed by atoms with Crippen LogP contribution in [0.15, 0.2) is 24.3 Å². The molecule has 108 valence electrons. The van der Waals surface area contributed by atoms with Gasteiger partial charge in [-0.2, -0.15) is 0 Å². The fourth-order valence-corrected chi connectivity index (χ4v) is 1.99. The van der Waals surface area contributed by atoms with E-state index in [0.29, 0.717) is 12.5 Å². The van der Waals surface area contributed by atoms with Crippen LogP contribution in [0, 0.1) is 11.7 Å². The monoisotopic (exact) mass is 267 g/mol. The third-order valence-electron chi connectivity index (χ3n) is 3.12. The second-order valence-electron chi connectivity index (χ2n) is 6.07. The molecule has 0 saturated carbocycles. The van der Waals surface area contributed by atoms with Crippen LogP contribution >= 0.6 is 0 Å². The lowest BCUT2D eigenvalue weighted by atomic mass is 9.95. The van der Waals surface area contributed by atoms with E-state index < -0.39 is 0 Å². The van der Waals surface area contributed by atoms with Gasteiger partial charge in [-0.15, -0.1) is 0 Å². The highest BCUT2D eigenvalue weighted by Gasteiger charge is 2.16. The number of hydrogen-bond donors (Lipinski definition) is 1. The summed E-state index contributed by atoms with van der Waals surface area (Å²) in [5.41, 5.74) is 0.875. The second-order valence-corrected chi connectivity index (χ2v) is 6.07. The van der Waals surface area contributed by atoms with Crippen molar-refractivity contribution in [3.63, 3.8) is 0 Å². The van der Waals surface area contributed by atoms with Crippen molar-refractivity contribution in [2.24, 2.45) is 5.92 Å². The largest absolute Gasteiger partial charge is 0.385 e. The molecule has 0 aliphatic carbocycles. The van der Waals surface area contributed by atoms with Gasteiger partial charge in [0, 0.05) is 19.3 Å². The summed E-state index contributed by atoms with van der Waals surface area (Å²) in [6, 6.07) is 7.02. The van der Waals surface area contributed by atoms with E-state index in [0.717, 1.165) is 24.9 Å². The molecule has 1 atom stereocenters. The molecule has 1 unspecified atom stereocenters. The SMILES string of the molecule is COCCC(CNC(C)(C)C)Cc1ccccc1F. The molecular weight excluding hydrogens is 241 g/mol. The Labute approximate surface area is 116 Å². The number of ether oxygens (including phenoxy) is 1. The van der Waals surface area contributed by atoms with E-state index in [2.05, 4.69) is 26.1 Å². The molecule has 0 aromatic heterocycles. The molecule has 0 radical (unpaired) electrons. The standard InChI is InChI=1S/C16H26FNO/c1-16(2,3)18-12-13(9-10-19-4)11-14-7-5-6-8-15(14)17/h5-8,13,18H,9-12H2,1-4H3. The van der Waals surface area contributed by atoms with E-state index in [1.807, 2.05) is 12.1 Å². The van der Waals surface area contributed by atoms with Crippen molar-refractivity contribution in [3.05, 3.63) is 35.6 Å². The van der Waals surface area contributed by atoms with Gasteiger partial charge in [-0.3, -0.25) is 0 Å². The normalized spacial score (nSPS) is 13.5. The van der Waals surface area contributed by atoms with E-state index in [1.165, 1.54) is 6.07 Å². The first-order chi connectivity index (χ1) is 8.92. The van der Waals surface area contributed by atoms with Gasteiger partial charge in [0.05, 0.1) is 0 Å². The highest BCUT2D eigenvalue weighted by molar-refractivity contribution is 5.17. The van der Waals surface area contributed by atoms with Crippen LogP contribution in [0.2, 0.25) is 0 Å². The Bertz CT molecular complexity index is 373. The van der Waals surface area contributed by atoms with E-state index in [9.17, 15) is 4.39 Å². The van der Waals surface area contributed by atoms with Crippen LogP contribution in [0.5, 0.6) is 0 Å². The van der Waals surface area contributed by atoms with Gasteiger partial charge in [0.2, 0.25) is 0 Å². The lowest BCUT2D eigenvalue weighted by molar-refractivity contribution is 0.173. The first kappa shape index (κ1) is 16.1. The molecule has 1 aromatic carbocycles. The van der Waals surface area contributed by atoms with Crippen molar-refractivity contribution >= 4 is 0 Å². The Kier molecular flexibility index (Phi) is 6.46. The predicted molar refractivity (Wildman–Crippen MR) is 77.8 cm³/mol. The molecule has 0 bridgehead atoms. The minimum absolute atomic E-state index is 0.0839. The molecule has 0 saturated heterocycles. The number of nitrogens with one attached hydrogen (secondary N) is 1. The molecule has 19 heavy (non-hydrogen) atoms. The molecule has 0 aliphatic rings. The number of rotatable bonds is 7. The number of hydrogen-bond acceptors (Lipinski definition) is 2. The molecular formula is C16H26FNO. The quantitative estimate of drug-likeness (QED) is 0.817. The van der Waals surface area contributed by atoms with E-state index in [1.54, 1.807) is 13.2 Å². The summed E-state index contributed by atoms with van der Waals surface area (Å²) in [4.78, 5) is 0. The molecule has 0 fully saturated rings. The van der Waals surface area contributed by atoms with Gasteiger partial charge in [-0.05, 0) is 57.7 Å². The highest BCUT2D eigenvalue weighted by atomic mass is 19.1. The van der Waals surface area contributed by atoms with E-state index >= 15 is 0 Å². The lowest BCUT2D eigenvalue weighted by Crippen LogP contribution is -2.39. The maximum Gasteiger partial charge on any atom is 0.126 e. The molecule has 1 N–H and O–H groups in total. The van der Waals surface area contributed by atoms with E-state index in [-0.39, 0.29) is 11.4 Å². The molecule has 0 aliphatic heterocycles. The number of halogens is 1. The van der Waals surface area contributed by atoms with Crippen molar-refractivity contribution in [3.8, 4) is 0 Å². The van der Waals surface area contributed by atoms with Crippen LogP contribution in [0.3, 0.4) is 0 Å². The van der Waals surface area contributed by atoms with Crippen molar-refractivity contribution in [2.45, 2.75) is 39.2 Å². The maximum atomic E-state index is 13.7. The zero-order valence-electron chi connectivity index (χ0n) is 12.5. The van der Waals surface area contributed by atoms with Crippen LogP contribution in [0.25, 0.3) is 0 Å². The third-order valence-corrected chi connectivity index (χ3v) is 3.12. The Morgan fingerprint density at radius 1 is 1.26 bits per heavy atom. The summed E-state index contributed by atoms with van der Waals surface area (Å²) in [5.74, 6) is 0.275. The van der Waals surface area contributed by atoms with Crippen LogP contribution < -0.4 is 5.32 Å². The predicted octanol–water partition coefficient (Wildman–Crippen LogP) is 3.41. The van der Waals surface area contributed by atoms with Crippen molar-refractivity contribution in [1.29, 1.82) is 0 Å². The van der Waals surface area contributed by atoms with Gasteiger partial charge in [0.25, 0.3) is 0 Å². The van der Waals surface area contributed by atoms with Crippen LogP contribution in [-0.2, 0) is 11.2 Å². The average molecular weight is 267 g/mol. The molecule has 3 heteroatoms. The average Bonchev–Trinajstić information content (AvgIpc) is 2.34. The zero-order valence-corrected chi connectivity index (χ0v) is 12.5. The minimum atomic E-state index is -0.110. The summed E-state index contributed by atoms with van der Waals surface area (Å²) in [7, 11) is 1.71. The third kappa shape index (κ3) is 6.69. The van der Waals surface area contributed by atoms with Crippen molar-refractivity contribution < 1.29 is 9.13 Å². The van der Waals surface area contributed by atoms with Gasteiger partial charge in [0.1, 0.15) is 5.82 Å². The molecule has 1 aromatic rings. The first-order valence-electron chi connectivity index (χ1n) is 6.90. The Balaban J connectivity index is 2.61. The van der Waals surface area contributed by atoms with Gasteiger partial charge in [-0.1, -0.05) is 18.2 Å². The Morgan fingerprint density at radius 2 is 1.95 bits per heavy atom. The topological polar surface area (TPSA) is 21.3 Å². The summed E-state index contributed by atoms with van der Waals surface area (Å²) < 4.78 is 18.8. The number of methoxy groups -OCH3 is 1. The molecule has 1 rings (SSSR count). The second kappa shape index (κ2) is 7.61. The lowest BCUT2D eigenvalue weighted by Gasteiger charge is -2.25. The maximum absolute atomic E-state index is 13.7. The zero-order chi connectivity index (χ0) is 14.3. The van der Waals surface area contributed by atoms with Crippen molar-refractivity contribution in [1.82, 2.24) is 5.32 Å². The summed E-state index contributed by atoms with van der Waals surface area (Å²) >= 11 is 0. The van der Waals surface area contributed by atoms with Gasteiger partial charge in [-0.25, -0.2) is 4.39 Å². The molecule has 2 nitrogen and oxygen atoms in total.